The number of carbonyl (C=O) groups excluding carboxylic acids is 1. The highest BCUT2D eigenvalue weighted by Gasteiger charge is 2.20. The van der Waals surface area contributed by atoms with Crippen LogP contribution in [0, 0.1) is 6.92 Å². The van der Waals surface area contributed by atoms with Crippen LogP contribution in [0.15, 0.2) is 35.4 Å². The fraction of sp³-hybridized carbons (Fsp3) is 0.154. The highest BCUT2D eigenvalue weighted by molar-refractivity contribution is 7.92. The average Bonchev–Trinajstić information content (AvgIpc) is 2.77. The molecular weight excluding hydrogens is 292 g/mol. The molecule has 0 unspecified atom stereocenters. The number of primary amides is 1. The first-order valence-corrected chi connectivity index (χ1v) is 7.54. The number of benzene rings is 1. The number of amides is 1. The van der Waals surface area contributed by atoms with Gasteiger partial charge in [0.05, 0.1) is 5.69 Å². The maximum atomic E-state index is 12.3. The summed E-state index contributed by atoms with van der Waals surface area (Å²) in [7, 11) is -2.28. The predicted octanol–water partition coefficient (Wildman–Crippen LogP) is 0.815. The van der Waals surface area contributed by atoms with Crippen LogP contribution in [0.4, 0.5) is 11.4 Å². The average molecular weight is 308 g/mol. The van der Waals surface area contributed by atoms with Crippen molar-refractivity contribution in [2.75, 3.05) is 10.5 Å². The van der Waals surface area contributed by atoms with Crippen molar-refractivity contribution in [3.63, 3.8) is 0 Å². The number of nitrogens with two attached hydrogens (primary N) is 2. The van der Waals surface area contributed by atoms with Gasteiger partial charge in [0.2, 0.25) is 0 Å². The minimum atomic E-state index is -3.82. The summed E-state index contributed by atoms with van der Waals surface area (Å²) in [4.78, 5) is 11.1. The van der Waals surface area contributed by atoms with Gasteiger partial charge < -0.3 is 16.0 Å². The van der Waals surface area contributed by atoms with Crippen molar-refractivity contribution >= 4 is 27.3 Å². The van der Waals surface area contributed by atoms with Gasteiger partial charge in [0.15, 0.2) is 0 Å². The zero-order valence-corrected chi connectivity index (χ0v) is 12.4. The first-order valence-electron chi connectivity index (χ1n) is 6.06. The van der Waals surface area contributed by atoms with E-state index in [9.17, 15) is 13.2 Å². The molecule has 0 aliphatic rings. The number of nitrogens with zero attached hydrogens (tertiary/aromatic N) is 1. The van der Waals surface area contributed by atoms with E-state index in [0.717, 1.165) is 5.56 Å². The van der Waals surface area contributed by atoms with Crippen molar-refractivity contribution in [1.29, 1.82) is 0 Å². The number of anilines is 2. The second-order valence-electron chi connectivity index (χ2n) is 4.72. The molecule has 0 saturated heterocycles. The smallest absolute Gasteiger partial charge is 0.265 e. The van der Waals surface area contributed by atoms with Gasteiger partial charge in [-0.3, -0.25) is 9.52 Å². The molecule has 2 aromatic rings. The number of nitrogen functional groups attached to an aromatic ring is 1. The van der Waals surface area contributed by atoms with Crippen molar-refractivity contribution in [3.8, 4) is 0 Å². The summed E-state index contributed by atoms with van der Waals surface area (Å²) in [6.07, 6.45) is 1.32. The van der Waals surface area contributed by atoms with Crippen LogP contribution in [0.1, 0.15) is 16.1 Å². The van der Waals surface area contributed by atoms with Gasteiger partial charge in [0.25, 0.3) is 15.9 Å². The largest absolute Gasteiger partial charge is 0.399 e. The molecule has 0 radical (unpaired) electrons. The van der Waals surface area contributed by atoms with Crippen molar-refractivity contribution in [1.82, 2.24) is 4.57 Å². The Bertz CT molecular complexity index is 809. The Labute approximate surface area is 122 Å². The highest BCUT2D eigenvalue weighted by atomic mass is 32.2. The predicted molar refractivity (Wildman–Crippen MR) is 80.3 cm³/mol. The quantitative estimate of drug-likeness (QED) is 0.724. The zero-order chi connectivity index (χ0) is 15.8. The lowest BCUT2D eigenvalue weighted by atomic mass is 10.2. The third kappa shape index (κ3) is 3.00. The molecule has 2 rings (SSSR count). The van der Waals surface area contributed by atoms with Gasteiger partial charge in [-0.25, -0.2) is 8.42 Å². The van der Waals surface area contributed by atoms with E-state index in [1.165, 1.54) is 22.9 Å². The van der Waals surface area contributed by atoms with E-state index in [0.29, 0.717) is 11.4 Å². The minimum absolute atomic E-state index is 0.0411. The van der Waals surface area contributed by atoms with Crippen LogP contribution in [0.25, 0.3) is 0 Å². The number of aromatic nitrogens is 1. The molecule has 0 saturated carbocycles. The maximum absolute atomic E-state index is 12.3. The second-order valence-corrected chi connectivity index (χ2v) is 6.40. The Morgan fingerprint density at radius 3 is 2.52 bits per heavy atom. The Morgan fingerprint density at radius 2 is 1.95 bits per heavy atom. The van der Waals surface area contributed by atoms with E-state index in [2.05, 4.69) is 4.72 Å². The van der Waals surface area contributed by atoms with Crippen LogP contribution in [0.3, 0.4) is 0 Å². The van der Waals surface area contributed by atoms with E-state index in [1.54, 1.807) is 26.1 Å². The first-order chi connectivity index (χ1) is 9.70. The van der Waals surface area contributed by atoms with Crippen LogP contribution in [0.5, 0.6) is 0 Å². The third-order valence-electron chi connectivity index (χ3n) is 3.05. The normalized spacial score (nSPS) is 11.3. The lowest BCUT2D eigenvalue weighted by Gasteiger charge is -2.10. The molecule has 1 heterocycles. The lowest BCUT2D eigenvalue weighted by molar-refractivity contribution is 0.0992. The van der Waals surface area contributed by atoms with Crippen LogP contribution >= 0.6 is 0 Å². The number of hydrogen-bond donors (Lipinski definition) is 3. The first kappa shape index (κ1) is 14.9. The molecule has 0 fully saturated rings. The highest BCUT2D eigenvalue weighted by Crippen LogP contribution is 2.23. The van der Waals surface area contributed by atoms with Gasteiger partial charge in [0, 0.05) is 18.9 Å². The second kappa shape index (κ2) is 5.13. The molecule has 0 aliphatic heterocycles. The number of sulfonamides is 1. The number of carbonyl (C=O) groups is 1. The molecular formula is C13H16N4O3S. The van der Waals surface area contributed by atoms with Gasteiger partial charge in [-0.2, -0.15) is 0 Å². The van der Waals surface area contributed by atoms with Gasteiger partial charge in [-0.1, -0.05) is 6.07 Å². The molecule has 0 spiro atoms. The topological polar surface area (TPSA) is 120 Å². The molecule has 1 aromatic carbocycles. The fourth-order valence-corrected chi connectivity index (χ4v) is 3.07. The Kier molecular flexibility index (Phi) is 3.65. The zero-order valence-electron chi connectivity index (χ0n) is 11.6. The molecule has 0 atom stereocenters. The summed E-state index contributed by atoms with van der Waals surface area (Å²) in [5, 5.41) is 0. The molecule has 5 N–H and O–H groups in total. The summed E-state index contributed by atoms with van der Waals surface area (Å²) in [5.41, 5.74) is 12.5. The standard InChI is InChI=1S/C13H16N4O3S/c1-8-3-4-9(14)5-11(8)16-21(19,20)10-6-12(13(15)18)17(2)7-10/h3-7,16H,14H2,1-2H3,(H2,15,18). The van der Waals surface area contributed by atoms with Crippen molar-refractivity contribution in [2.45, 2.75) is 11.8 Å². The molecule has 7 nitrogen and oxygen atoms in total. The van der Waals surface area contributed by atoms with E-state index in [-0.39, 0.29) is 10.6 Å². The summed E-state index contributed by atoms with van der Waals surface area (Å²) < 4.78 is 28.5. The Hall–Kier alpha value is -2.48. The SMILES string of the molecule is Cc1ccc(N)cc1NS(=O)(=O)c1cc(C(N)=O)n(C)c1. The van der Waals surface area contributed by atoms with Crippen LogP contribution in [-0.4, -0.2) is 18.9 Å². The molecule has 0 aliphatic carbocycles. The van der Waals surface area contributed by atoms with Crippen molar-refractivity contribution in [3.05, 3.63) is 41.7 Å². The number of nitrogens with one attached hydrogen (secondary N) is 1. The van der Waals surface area contributed by atoms with Crippen LogP contribution in [-0.2, 0) is 17.1 Å². The van der Waals surface area contributed by atoms with E-state index < -0.39 is 15.9 Å². The fourth-order valence-electron chi connectivity index (χ4n) is 1.88. The van der Waals surface area contributed by atoms with Gasteiger partial charge in [-0.15, -0.1) is 0 Å². The Balaban J connectivity index is 2.41. The summed E-state index contributed by atoms with van der Waals surface area (Å²) >= 11 is 0. The van der Waals surface area contributed by atoms with Gasteiger partial charge in [-0.05, 0) is 30.7 Å². The minimum Gasteiger partial charge on any atom is -0.399 e. The maximum Gasteiger partial charge on any atom is 0.265 e. The third-order valence-corrected chi connectivity index (χ3v) is 4.38. The number of aryl methyl sites for hydroxylation is 2. The van der Waals surface area contributed by atoms with E-state index in [4.69, 9.17) is 11.5 Å². The number of rotatable bonds is 4. The van der Waals surface area contributed by atoms with Gasteiger partial charge >= 0.3 is 0 Å². The molecule has 112 valence electrons. The summed E-state index contributed by atoms with van der Waals surface area (Å²) in [6, 6.07) is 6.16. The molecule has 1 amide bonds. The number of hydrogen-bond acceptors (Lipinski definition) is 4. The molecule has 21 heavy (non-hydrogen) atoms. The summed E-state index contributed by atoms with van der Waals surface area (Å²) in [5.74, 6) is -0.695. The van der Waals surface area contributed by atoms with Crippen LogP contribution < -0.4 is 16.2 Å². The molecule has 0 bridgehead atoms. The Morgan fingerprint density at radius 1 is 1.29 bits per heavy atom. The summed E-state index contributed by atoms with van der Waals surface area (Å²) in [6.45, 7) is 1.76. The van der Waals surface area contributed by atoms with E-state index >= 15 is 0 Å². The van der Waals surface area contributed by atoms with Crippen molar-refractivity contribution < 1.29 is 13.2 Å². The van der Waals surface area contributed by atoms with Gasteiger partial charge in [0.1, 0.15) is 10.6 Å². The van der Waals surface area contributed by atoms with Crippen LogP contribution in [0.2, 0.25) is 0 Å². The van der Waals surface area contributed by atoms with Crippen molar-refractivity contribution in [2.24, 2.45) is 12.8 Å². The lowest BCUT2D eigenvalue weighted by Crippen LogP contribution is -2.14. The molecule has 8 heteroatoms. The monoisotopic (exact) mass is 308 g/mol. The molecule has 1 aromatic heterocycles. The van der Waals surface area contributed by atoms with E-state index in [1.807, 2.05) is 0 Å².